The van der Waals surface area contributed by atoms with Crippen molar-refractivity contribution in [2.24, 2.45) is 0 Å². The highest BCUT2D eigenvalue weighted by molar-refractivity contribution is 6.76. The molecule has 0 unspecified atom stereocenters. The number of carbonyl (C=O) groups excluding carboxylic acids is 1. The predicted molar refractivity (Wildman–Crippen MR) is 68.9 cm³/mol. The zero-order valence-corrected chi connectivity index (χ0v) is 11.6. The van der Waals surface area contributed by atoms with Crippen LogP contribution in [-0.2, 0) is 4.79 Å². The van der Waals surface area contributed by atoms with E-state index in [-0.39, 0.29) is 0 Å². The molecule has 1 rings (SSSR count). The summed E-state index contributed by atoms with van der Waals surface area (Å²) in [6.07, 6.45) is 3.55. The first-order valence-electron chi connectivity index (χ1n) is 5.70. The number of hydrogen-bond acceptors (Lipinski definition) is 1. The van der Waals surface area contributed by atoms with Crippen LogP contribution < -0.4 is 0 Å². The molecule has 0 spiro atoms. The van der Waals surface area contributed by atoms with E-state index in [4.69, 9.17) is 0 Å². The molecule has 0 aliphatic heterocycles. The Morgan fingerprint density at radius 3 is 2.20 bits per heavy atom. The van der Waals surface area contributed by atoms with E-state index < -0.39 is 8.07 Å². The molecule has 1 nitrogen and oxygen atoms in total. The molecule has 0 atom stereocenters. The summed E-state index contributed by atoms with van der Waals surface area (Å²) in [5, 5.41) is 0. The van der Waals surface area contributed by atoms with E-state index in [2.05, 4.69) is 33.5 Å². The highest BCUT2D eigenvalue weighted by atomic mass is 28.3. The van der Waals surface area contributed by atoms with Crippen molar-refractivity contribution in [2.45, 2.75) is 52.4 Å². The summed E-state index contributed by atoms with van der Waals surface area (Å²) in [5.74, 6) is 0.305. The minimum atomic E-state index is -1.08. The zero-order valence-electron chi connectivity index (χ0n) is 10.6. The molecule has 0 saturated heterocycles. The van der Waals surface area contributed by atoms with Crippen LogP contribution in [0, 0.1) is 0 Å². The SMILES string of the molecule is CC(C)=C(C[Si](C)(C)C)C1=CC(=O)CC1. The molecule has 2 heteroatoms. The second-order valence-electron chi connectivity index (χ2n) is 5.85. The Morgan fingerprint density at radius 2 is 1.87 bits per heavy atom. The van der Waals surface area contributed by atoms with Crippen LogP contribution in [0.2, 0.25) is 25.7 Å². The van der Waals surface area contributed by atoms with E-state index in [9.17, 15) is 4.79 Å². The highest BCUT2D eigenvalue weighted by Gasteiger charge is 2.22. The van der Waals surface area contributed by atoms with E-state index in [0.29, 0.717) is 5.78 Å². The summed E-state index contributed by atoms with van der Waals surface area (Å²) in [7, 11) is -1.08. The maximum Gasteiger partial charge on any atom is 0.156 e. The van der Waals surface area contributed by atoms with Crippen LogP contribution in [0.4, 0.5) is 0 Å². The molecule has 0 aromatic heterocycles. The highest BCUT2D eigenvalue weighted by Crippen LogP contribution is 2.31. The molecule has 0 bridgehead atoms. The molecule has 0 heterocycles. The van der Waals surface area contributed by atoms with Crippen molar-refractivity contribution in [3.63, 3.8) is 0 Å². The standard InChI is InChI=1S/C13H22OSi/c1-10(2)13(9-15(3,4)5)11-6-7-12(14)8-11/h8H,6-7,9H2,1-5H3. The maximum atomic E-state index is 11.3. The van der Waals surface area contributed by atoms with Gasteiger partial charge in [-0.25, -0.2) is 0 Å². The predicted octanol–water partition coefficient (Wildman–Crippen LogP) is 3.95. The van der Waals surface area contributed by atoms with Crippen LogP contribution in [-0.4, -0.2) is 13.9 Å². The van der Waals surface area contributed by atoms with Crippen LogP contribution >= 0.6 is 0 Å². The van der Waals surface area contributed by atoms with E-state index in [0.717, 1.165) is 12.8 Å². The Labute approximate surface area is 94.3 Å². The Bertz CT molecular complexity index is 325. The lowest BCUT2D eigenvalue weighted by Crippen LogP contribution is -2.20. The first-order chi connectivity index (χ1) is 6.79. The van der Waals surface area contributed by atoms with Crippen molar-refractivity contribution < 1.29 is 4.79 Å². The summed E-state index contributed by atoms with van der Waals surface area (Å²) in [4.78, 5) is 11.3. The van der Waals surface area contributed by atoms with Crippen molar-refractivity contribution in [1.82, 2.24) is 0 Å². The van der Waals surface area contributed by atoms with Gasteiger partial charge in [0.15, 0.2) is 5.78 Å². The Hall–Kier alpha value is -0.633. The number of carbonyl (C=O) groups is 1. The Kier molecular flexibility index (Phi) is 3.71. The van der Waals surface area contributed by atoms with Gasteiger partial charge >= 0.3 is 0 Å². The fourth-order valence-corrected chi connectivity index (χ4v) is 3.62. The summed E-state index contributed by atoms with van der Waals surface area (Å²) < 4.78 is 0. The summed E-state index contributed by atoms with van der Waals surface area (Å²) >= 11 is 0. The molecule has 0 aromatic rings. The molecular weight excluding hydrogens is 200 g/mol. The van der Waals surface area contributed by atoms with Crippen molar-refractivity contribution in [2.75, 3.05) is 0 Å². The second kappa shape index (κ2) is 4.48. The van der Waals surface area contributed by atoms with Crippen LogP contribution in [0.15, 0.2) is 22.8 Å². The summed E-state index contributed by atoms with van der Waals surface area (Å²) in [6.45, 7) is 11.5. The quantitative estimate of drug-likeness (QED) is 0.661. The van der Waals surface area contributed by atoms with Crippen LogP contribution in [0.3, 0.4) is 0 Å². The third kappa shape index (κ3) is 3.78. The van der Waals surface area contributed by atoms with Crippen LogP contribution in [0.5, 0.6) is 0 Å². The fourth-order valence-electron chi connectivity index (χ4n) is 1.98. The lowest BCUT2D eigenvalue weighted by molar-refractivity contribution is -0.114. The largest absolute Gasteiger partial charge is 0.295 e. The molecule has 15 heavy (non-hydrogen) atoms. The van der Waals surface area contributed by atoms with Gasteiger partial charge in [0.1, 0.15) is 0 Å². The van der Waals surface area contributed by atoms with Crippen LogP contribution in [0.1, 0.15) is 26.7 Å². The van der Waals surface area contributed by atoms with E-state index in [1.54, 1.807) is 0 Å². The van der Waals surface area contributed by atoms with Gasteiger partial charge in [0, 0.05) is 14.5 Å². The Morgan fingerprint density at radius 1 is 1.27 bits per heavy atom. The monoisotopic (exact) mass is 222 g/mol. The molecule has 0 fully saturated rings. The van der Waals surface area contributed by atoms with Gasteiger partial charge in [-0.2, -0.15) is 0 Å². The molecule has 0 saturated carbocycles. The minimum absolute atomic E-state index is 0.305. The first kappa shape index (κ1) is 12.4. The molecule has 0 radical (unpaired) electrons. The lowest BCUT2D eigenvalue weighted by Gasteiger charge is -2.20. The van der Waals surface area contributed by atoms with Gasteiger partial charge in [-0.3, -0.25) is 4.79 Å². The van der Waals surface area contributed by atoms with Crippen molar-refractivity contribution in [3.8, 4) is 0 Å². The molecule has 0 aromatic carbocycles. The molecule has 0 amide bonds. The number of rotatable bonds is 3. The van der Waals surface area contributed by atoms with E-state index in [1.165, 1.54) is 22.8 Å². The summed E-state index contributed by atoms with van der Waals surface area (Å²) in [5.41, 5.74) is 4.15. The van der Waals surface area contributed by atoms with E-state index in [1.807, 2.05) is 6.08 Å². The van der Waals surface area contributed by atoms with Gasteiger partial charge in [-0.15, -0.1) is 0 Å². The van der Waals surface area contributed by atoms with Gasteiger partial charge in [0.25, 0.3) is 0 Å². The third-order valence-corrected chi connectivity index (χ3v) is 4.09. The smallest absolute Gasteiger partial charge is 0.156 e. The van der Waals surface area contributed by atoms with Gasteiger partial charge in [-0.05, 0) is 43.5 Å². The first-order valence-corrected chi connectivity index (χ1v) is 9.40. The molecule has 84 valence electrons. The van der Waals surface area contributed by atoms with Crippen molar-refractivity contribution >= 4 is 13.9 Å². The van der Waals surface area contributed by atoms with Crippen molar-refractivity contribution in [3.05, 3.63) is 22.8 Å². The normalized spacial score (nSPS) is 16.6. The fraction of sp³-hybridized carbons (Fsp3) is 0.615. The van der Waals surface area contributed by atoms with E-state index >= 15 is 0 Å². The average Bonchev–Trinajstić information content (AvgIpc) is 2.45. The number of ketones is 1. The topological polar surface area (TPSA) is 17.1 Å². The minimum Gasteiger partial charge on any atom is -0.295 e. The lowest BCUT2D eigenvalue weighted by atomic mass is 10.0. The van der Waals surface area contributed by atoms with Crippen molar-refractivity contribution in [1.29, 1.82) is 0 Å². The summed E-state index contributed by atoms with van der Waals surface area (Å²) in [6, 6.07) is 1.20. The third-order valence-electron chi connectivity index (χ3n) is 2.67. The molecule has 0 N–H and O–H groups in total. The zero-order chi connectivity index (χ0) is 11.6. The Balaban J connectivity index is 2.91. The molecular formula is C13H22OSi. The molecule has 1 aliphatic carbocycles. The van der Waals surface area contributed by atoms with Gasteiger partial charge < -0.3 is 0 Å². The van der Waals surface area contributed by atoms with Gasteiger partial charge in [-0.1, -0.05) is 25.2 Å². The van der Waals surface area contributed by atoms with Gasteiger partial charge in [0.2, 0.25) is 0 Å². The van der Waals surface area contributed by atoms with Crippen LogP contribution in [0.25, 0.3) is 0 Å². The number of allylic oxidation sites excluding steroid dienone is 4. The average molecular weight is 222 g/mol. The number of hydrogen-bond donors (Lipinski definition) is 0. The van der Waals surface area contributed by atoms with Gasteiger partial charge in [0.05, 0.1) is 0 Å². The molecule has 1 aliphatic rings. The second-order valence-corrected chi connectivity index (χ2v) is 11.3. The maximum absolute atomic E-state index is 11.3.